The molecule has 0 bridgehead atoms. The summed E-state index contributed by atoms with van der Waals surface area (Å²) in [5.41, 5.74) is 7.14. The molecule has 1 aromatic heterocycles. The quantitative estimate of drug-likeness (QED) is 0.914. The zero-order valence-corrected chi connectivity index (χ0v) is 10.2. The normalized spacial score (nSPS) is 12.7. The number of aromatic nitrogens is 2. The Kier molecular flexibility index (Phi) is 3.45. The molecule has 1 heterocycles. The van der Waals surface area contributed by atoms with Gasteiger partial charge in [-0.2, -0.15) is 0 Å². The maximum atomic E-state index is 13.8. The van der Waals surface area contributed by atoms with Crippen LogP contribution in [-0.4, -0.2) is 9.55 Å². The summed E-state index contributed by atoms with van der Waals surface area (Å²) >= 11 is 5.72. The lowest BCUT2D eigenvalue weighted by atomic mass is 10.2. The molecular weight excluding hydrogens is 241 g/mol. The molecule has 0 aliphatic heterocycles. The van der Waals surface area contributed by atoms with Gasteiger partial charge in [0, 0.05) is 11.1 Å². The number of hydrogen-bond donors (Lipinski definition) is 1. The van der Waals surface area contributed by atoms with Crippen LogP contribution in [0.1, 0.15) is 25.1 Å². The van der Waals surface area contributed by atoms with Crippen LogP contribution in [0.15, 0.2) is 30.7 Å². The lowest BCUT2D eigenvalue weighted by Gasteiger charge is -2.13. The molecule has 3 nitrogen and oxygen atoms in total. The minimum atomic E-state index is -0.389. The van der Waals surface area contributed by atoms with Crippen molar-refractivity contribution in [2.45, 2.75) is 19.4 Å². The molecule has 90 valence electrons. The van der Waals surface area contributed by atoms with Crippen LogP contribution in [0, 0.1) is 5.82 Å². The van der Waals surface area contributed by atoms with E-state index >= 15 is 0 Å². The summed E-state index contributed by atoms with van der Waals surface area (Å²) in [4.78, 5) is 4.01. The minimum Gasteiger partial charge on any atom is -0.323 e. The first kappa shape index (κ1) is 12.1. The van der Waals surface area contributed by atoms with Crippen LogP contribution in [-0.2, 0) is 0 Å². The Morgan fingerprint density at radius 1 is 1.53 bits per heavy atom. The third-order valence-corrected chi connectivity index (χ3v) is 2.89. The van der Waals surface area contributed by atoms with E-state index in [0.29, 0.717) is 10.7 Å². The van der Waals surface area contributed by atoms with Crippen LogP contribution >= 0.6 is 11.6 Å². The molecule has 17 heavy (non-hydrogen) atoms. The fourth-order valence-electron chi connectivity index (χ4n) is 1.67. The van der Waals surface area contributed by atoms with Crippen molar-refractivity contribution in [1.82, 2.24) is 9.55 Å². The summed E-state index contributed by atoms with van der Waals surface area (Å²) in [6, 6.07) is 4.37. The van der Waals surface area contributed by atoms with Crippen LogP contribution in [0.4, 0.5) is 4.39 Å². The van der Waals surface area contributed by atoms with Gasteiger partial charge in [-0.25, -0.2) is 9.37 Å². The highest BCUT2D eigenvalue weighted by Crippen LogP contribution is 2.22. The Morgan fingerprint density at radius 2 is 2.29 bits per heavy atom. The van der Waals surface area contributed by atoms with Crippen molar-refractivity contribution in [2.75, 3.05) is 0 Å². The van der Waals surface area contributed by atoms with E-state index in [1.807, 2.05) is 6.92 Å². The lowest BCUT2D eigenvalue weighted by molar-refractivity contribution is 0.605. The molecular formula is C12H13ClFN3. The molecule has 2 aromatic rings. The van der Waals surface area contributed by atoms with Crippen molar-refractivity contribution in [3.63, 3.8) is 0 Å². The highest BCUT2D eigenvalue weighted by atomic mass is 35.5. The topological polar surface area (TPSA) is 43.8 Å². The predicted molar refractivity (Wildman–Crippen MR) is 65.8 cm³/mol. The predicted octanol–water partition coefficient (Wildman–Crippen LogP) is 3.07. The summed E-state index contributed by atoms with van der Waals surface area (Å²) in [5, 5.41) is 0.368. The Balaban J connectivity index is 2.50. The molecule has 0 fully saturated rings. The summed E-state index contributed by atoms with van der Waals surface area (Å²) in [6.07, 6.45) is 3.97. The highest BCUT2D eigenvalue weighted by Gasteiger charge is 2.13. The SMILES string of the molecule is CC[C@@H](N)c1cncn1-c1ccc(Cl)cc1F. The van der Waals surface area contributed by atoms with E-state index in [1.54, 1.807) is 29.2 Å². The van der Waals surface area contributed by atoms with E-state index in [2.05, 4.69) is 4.98 Å². The summed E-state index contributed by atoms with van der Waals surface area (Å²) in [6.45, 7) is 1.97. The number of hydrogen-bond acceptors (Lipinski definition) is 2. The van der Waals surface area contributed by atoms with E-state index in [-0.39, 0.29) is 11.9 Å². The third-order valence-electron chi connectivity index (χ3n) is 2.66. The zero-order valence-electron chi connectivity index (χ0n) is 9.40. The molecule has 0 spiro atoms. The first-order valence-corrected chi connectivity index (χ1v) is 5.74. The van der Waals surface area contributed by atoms with Crippen LogP contribution in [0.2, 0.25) is 5.02 Å². The van der Waals surface area contributed by atoms with Crippen molar-refractivity contribution in [3.8, 4) is 5.69 Å². The van der Waals surface area contributed by atoms with Gasteiger partial charge >= 0.3 is 0 Å². The van der Waals surface area contributed by atoms with Gasteiger partial charge < -0.3 is 5.73 Å². The molecule has 0 saturated heterocycles. The van der Waals surface area contributed by atoms with Crippen molar-refractivity contribution >= 4 is 11.6 Å². The number of nitrogens with two attached hydrogens (primary N) is 1. The number of imidazole rings is 1. The number of halogens is 2. The van der Waals surface area contributed by atoms with Crippen molar-refractivity contribution in [1.29, 1.82) is 0 Å². The maximum absolute atomic E-state index is 13.8. The maximum Gasteiger partial charge on any atom is 0.148 e. The second-order valence-corrected chi connectivity index (χ2v) is 4.24. The molecule has 2 rings (SSSR count). The van der Waals surface area contributed by atoms with Gasteiger partial charge in [-0.15, -0.1) is 0 Å². The van der Waals surface area contributed by atoms with Crippen LogP contribution in [0.3, 0.4) is 0 Å². The van der Waals surface area contributed by atoms with Crippen LogP contribution in [0.25, 0.3) is 5.69 Å². The van der Waals surface area contributed by atoms with E-state index < -0.39 is 0 Å². The molecule has 0 aliphatic carbocycles. The smallest absolute Gasteiger partial charge is 0.148 e. The number of benzene rings is 1. The van der Waals surface area contributed by atoms with Gasteiger partial charge in [0.15, 0.2) is 0 Å². The minimum absolute atomic E-state index is 0.160. The lowest BCUT2D eigenvalue weighted by Crippen LogP contribution is -2.14. The highest BCUT2D eigenvalue weighted by molar-refractivity contribution is 6.30. The fraction of sp³-hybridized carbons (Fsp3) is 0.250. The van der Waals surface area contributed by atoms with Gasteiger partial charge in [0.05, 0.1) is 23.9 Å². The van der Waals surface area contributed by atoms with Gasteiger partial charge in [0.25, 0.3) is 0 Å². The number of rotatable bonds is 3. The van der Waals surface area contributed by atoms with Gasteiger partial charge in [0.1, 0.15) is 5.82 Å². The summed E-state index contributed by atoms with van der Waals surface area (Å²) in [5.74, 6) is -0.389. The average Bonchev–Trinajstić information content (AvgIpc) is 2.77. The van der Waals surface area contributed by atoms with E-state index in [1.165, 1.54) is 6.07 Å². The fourth-order valence-corrected chi connectivity index (χ4v) is 1.83. The largest absolute Gasteiger partial charge is 0.323 e. The van der Waals surface area contributed by atoms with E-state index in [9.17, 15) is 4.39 Å². The van der Waals surface area contributed by atoms with E-state index in [4.69, 9.17) is 17.3 Å². The third kappa shape index (κ3) is 2.33. The van der Waals surface area contributed by atoms with E-state index in [0.717, 1.165) is 12.1 Å². The van der Waals surface area contributed by atoms with Crippen LogP contribution < -0.4 is 5.73 Å². The Labute approximate surface area is 104 Å². The first-order chi connectivity index (χ1) is 8.13. The second kappa shape index (κ2) is 4.85. The molecule has 2 N–H and O–H groups in total. The molecule has 1 atom stereocenters. The van der Waals surface area contributed by atoms with Gasteiger partial charge in [-0.1, -0.05) is 18.5 Å². The molecule has 0 aliphatic rings. The van der Waals surface area contributed by atoms with Gasteiger partial charge in [0.2, 0.25) is 0 Å². The zero-order chi connectivity index (χ0) is 12.4. The number of nitrogens with zero attached hydrogens (tertiary/aromatic N) is 2. The Bertz CT molecular complexity index is 524. The molecule has 5 heteroatoms. The summed E-state index contributed by atoms with van der Waals surface area (Å²) < 4.78 is 15.4. The average molecular weight is 254 g/mol. The Morgan fingerprint density at radius 3 is 2.94 bits per heavy atom. The first-order valence-electron chi connectivity index (χ1n) is 5.36. The van der Waals surface area contributed by atoms with Crippen molar-refractivity contribution in [3.05, 3.63) is 47.3 Å². The molecule has 0 saturated carbocycles. The molecule has 1 aromatic carbocycles. The van der Waals surface area contributed by atoms with Crippen molar-refractivity contribution in [2.24, 2.45) is 5.73 Å². The summed E-state index contributed by atoms with van der Waals surface area (Å²) in [7, 11) is 0. The molecule has 0 amide bonds. The Hall–Kier alpha value is -1.39. The monoisotopic (exact) mass is 253 g/mol. The molecule has 0 radical (unpaired) electrons. The second-order valence-electron chi connectivity index (χ2n) is 3.80. The molecule has 0 unspecified atom stereocenters. The van der Waals surface area contributed by atoms with Gasteiger partial charge in [-0.3, -0.25) is 4.57 Å². The van der Waals surface area contributed by atoms with Gasteiger partial charge in [-0.05, 0) is 24.6 Å². The standard InChI is InChI=1S/C12H13ClFN3/c1-2-10(15)12-6-16-7-17(12)11-4-3-8(13)5-9(11)14/h3-7,10H,2,15H2,1H3/t10-/m1/s1. The van der Waals surface area contributed by atoms with Crippen LogP contribution in [0.5, 0.6) is 0 Å². The van der Waals surface area contributed by atoms with Crippen molar-refractivity contribution < 1.29 is 4.39 Å².